The molecule has 0 unspecified atom stereocenters. The molecule has 1 heterocycles. The minimum Gasteiger partial charge on any atom is -0.384 e. The predicted molar refractivity (Wildman–Crippen MR) is 44.2 cm³/mol. The maximum absolute atomic E-state index is 10.5. The van der Waals surface area contributed by atoms with Crippen LogP contribution in [0.15, 0.2) is 16.9 Å². The third kappa shape index (κ3) is 1.44. The second-order valence-corrected chi connectivity index (χ2v) is 2.75. The van der Waals surface area contributed by atoms with E-state index in [-0.39, 0.29) is 5.56 Å². The standard InChI is InChI=1S/C5H5IN2O/c6-3-1-2-4(9)8-5(3)7/h1-2H,(H3,7,8,9). The van der Waals surface area contributed by atoms with Gasteiger partial charge in [0, 0.05) is 6.07 Å². The first-order valence-electron chi connectivity index (χ1n) is 2.34. The minimum absolute atomic E-state index is 0.159. The van der Waals surface area contributed by atoms with E-state index in [1.54, 1.807) is 6.07 Å². The molecule has 0 amide bonds. The molecule has 1 rings (SSSR count). The molecule has 0 saturated carbocycles. The topological polar surface area (TPSA) is 58.9 Å². The number of rotatable bonds is 0. The normalized spacial score (nSPS) is 9.44. The third-order valence-corrected chi connectivity index (χ3v) is 1.84. The van der Waals surface area contributed by atoms with Gasteiger partial charge in [0.15, 0.2) is 0 Å². The van der Waals surface area contributed by atoms with E-state index in [0.29, 0.717) is 5.82 Å². The largest absolute Gasteiger partial charge is 0.384 e. The molecule has 0 bridgehead atoms. The summed E-state index contributed by atoms with van der Waals surface area (Å²) in [5, 5.41) is 0. The van der Waals surface area contributed by atoms with Crippen LogP contribution in [0.25, 0.3) is 0 Å². The second-order valence-electron chi connectivity index (χ2n) is 1.58. The molecule has 9 heavy (non-hydrogen) atoms. The number of nitrogens with two attached hydrogens (primary N) is 1. The summed E-state index contributed by atoms with van der Waals surface area (Å²) in [4.78, 5) is 13.0. The van der Waals surface area contributed by atoms with Crippen molar-refractivity contribution in [2.24, 2.45) is 0 Å². The van der Waals surface area contributed by atoms with E-state index in [2.05, 4.69) is 4.98 Å². The van der Waals surface area contributed by atoms with Crippen molar-refractivity contribution in [2.45, 2.75) is 0 Å². The van der Waals surface area contributed by atoms with Gasteiger partial charge in [0.25, 0.3) is 0 Å². The van der Waals surface area contributed by atoms with E-state index in [9.17, 15) is 4.79 Å². The number of halogens is 1. The number of pyridine rings is 1. The van der Waals surface area contributed by atoms with Gasteiger partial charge < -0.3 is 10.7 Å². The number of anilines is 1. The van der Waals surface area contributed by atoms with Crippen LogP contribution in [0, 0.1) is 3.57 Å². The van der Waals surface area contributed by atoms with Gasteiger partial charge in [-0.15, -0.1) is 0 Å². The van der Waals surface area contributed by atoms with Crippen molar-refractivity contribution in [1.82, 2.24) is 4.98 Å². The van der Waals surface area contributed by atoms with Gasteiger partial charge >= 0.3 is 0 Å². The van der Waals surface area contributed by atoms with Crippen molar-refractivity contribution in [2.75, 3.05) is 5.73 Å². The Morgan fingerprint density at radius 1 is 1.56 bits per heavy atom. The summed E-state index contributed by atoms with van der Waals surface area (Å²) >= 11 is 2.05. The molecule has 0 aromatic carbocycles. The highest BCUT2D eigenvalue weighted by molar-refractivity contribution is 14.1. The second kappa shape index (κ2) is 2.38. The first kappa shape index (κ1) is 6.60. The van der Waals surface area contributed by atoms with Crippen molar-refractivity contribution in [3.63, 3.8) is 0 Å². The van der Waals surface area contributed by atoms with Crippen molar-refractivity contribution < 1.29 is 0 Å². The fourth-order valence-corrected chi connectivity index (χ4v) is 0.787. The van der Waals surface area contributed by atoms with Crippen LogP contribution in [0.2, 0.25) is 0 Å². The molecule has 0 aliphatic rings. The molecule has 0 aliphatic carbocycles. The van der Waals surface area contributed by atoms with Crippen molar-refractivity contribution >= 4 is 28.4 Å². The first-order valence-corrected chi connectivity index (χ1v) is 3.42. The van der Waals surface area contributed by atoms with Crippen LogP contribution in [0.1, 0.15) is 0 Å². The smallest absolute Gasteiger partial charge is 0.249 e. The summed E-state index contributed by atoms with van der Waals surface area (Å²) in [5.41, 5.74) is 5.20. The number of nitrogens with one attached hydrogen (secondary N) is 1. The van der Waals surface area contributed by atoms with Crippen LogP contribution in [-0.2, 0) is 0 Å². The van der Waals surface area contributed by atoms with Gasteiger partial charge in [-0.3, -0.25) is 4.79 Å². The van der Waals surface area contributed by atoms with Gasteiger partial charge in [0.2, 0.25) is 5.56 Å². The summed E-state index contributed by atoms with van der Waals surface area (Å²) in [6, 6.07) is 3.12. The fourth-order valence-electron chi connectivity index (χ4n) is 0.473. The van der Waals surface area contributed by atoms with Crippen LogP contribution < -0.4 is 11.3 Å². The number of hydrogen-bond donors (Lipinski definition) is 2. The Morgan fingerprint density at radius 3 is 2.67 bits per heavy atom. The van der Waals surface area contributed by atoms with E-state index in [1.165, 1.54) is 6.07 Å². The molecule has 0 spiro atoms. The Labute approximate surface area is 65.4 Å². The Morgan fingerprint density at radius 2 is 2.22 bits per heavy atom. The molecular weight excluding hydrogens is 231 g/mol. The predicted octanol–water partition coefficient (Wildman–Crippen LogP) is 0.562. The van der Waals surface area contributed by atoms with Gasteiger partial charge in [-0.2, -0.15) is 0 Å². The summed E-state index contributed by atoms with van der Waals surface area (Å²) in [5.74, 6) is 0.433. The van der Waals surface area contributed by atoms with E-state index in [1.807, 2.05) is 22.6 Å². The molecule has 48 valence electrons. The molecule has 0 radical (unpaired) electrons. The third-order valence-electron chi connectivity index (χ3n) is 0.896. The van der Waals surface area contributed by atoms with Gasteiger partial charge in [-0.1, -0.05) is 0 Å². The lowest BCUT2D eigenvalue weighted by Crippen LogP contribution is -2.07. The lowest BCUT2D eigenvalue weighted by Gasteiger charge is -1.92. The molecule has 0 aliphatic heterocycles. The zero-order valence-corrected chi connectivity index (χ0v) is 6.68. The van der Waals surface area contributed by atoms with Crippen LogP contribution in [0.5, 0.6) is 0 Å². The summed E-state index contributed by atoms with van der Waals surface area (Å²) in [6.07, 6.45) is 0. The quantitative estimate of drug-likeness (QED) is 0.646. The molecule has 3 nitrogen and oxygen atoms in total. The molecule has 0 saturated heterocycles. The Balaban J connectivity index is 3.34. The molecule has 1 aromatic rings. The van der Waals surface area contributed by atoms with E-state index in [4.69, 9.17) is 5.73 Å². The van der Waals surface area contributed by atoms with Crippen LogP contribution in [0.4, 0.5) is 5.82 Å². The zero-order chi connectivity index (χ0) is 6.85. The molecule has 0 fully saturated rings. The van der Waals surface area contributed by atoms with Crippen molar-refractivity contribution in [3.8, 4) is 0 Å². The molecule has 4 heteroatoms. The van der Waals surface area contributed by atoms with Crippen molar-refractivity contribution in [3.05, 3.63) is 26.1 Å². The zero-order valence-electron chi connectivity index (χ0n) is 4.52. The summed E-state index contributed by atoms with van der Waals surface area (Å²) in [6.45, 7) is 0. The molecule has 1 aromatic heterocycles. The molecule has 3 N–H and O–H groups in total. The summed E-state index contributed by atoms with van der Waals surface area (Å²) < 4.78 is 0.868. The van der Waals surface area contributed by atoms with Crippen molar-refractivity contribution in [1.29, 1.82) is 0 Å². The number of hydrogen-bond acceptors (Lipinski definition) is 2. The van der Waals surface area contributed by atoms with Gasteiger partial charge in [0.1, 0.15) is 5.82 Å². The monoisotopic (exact) mass is 236 g/mol. The Hall–Kier alpha value is -0.520. The SMILES string of the molecule is Nc1[nH]c(=O)ccc1I. The highest BCUT2D eigenvalue weighted by Gasteiger charge is 1.91. The fraction of sp³-hybridized carbons (Fsp3) is 0. The maximum Gasteiger partial charge on any atom is 0.249 e. The lowest BCUT2D eigenvalue weighted by atomic mass is 10.5. The van der Waals surface area contributed by atoms with Gasteiger partial charge in [-0.05, 0) is 28.7 Å². The average Bonchev–Trinajstić information content (AvgIpc) is 1.80. The highest BCUT2D eigenvalue weighted by Crippen LogP contribution is 2.06. The molecular formula is C5H5IN2O. The van der Waals surface area contributed by atoms with Gasteiger partial charge in [0.05, 0.1) is 3.57 Å². The highest BCUT2D eigenvalue weighted by atomic mass is 127. The lowest BCUT2D eigenvalue weighted by molar-refractivity contribution is 1.23. The minimum atomic E-state index is -0.159. The van der Waals surface area contributed by atoms with Crippen LogP contribution in [0.3, 0.4) is 0 Å². The summed E-state index contributed by atoms with van der Waals surface area (Å²) in [7, 11) is 0. The number of aromatic nitrogens is 1. The average molecular weight is 236 g/mol. The van der Waals surface area contributed by atoms with E-state index < -0.39 is 0 Å². The maximum atomic E-state index is 10.5. The molecule has 0 atom stereocenters. The Kier molecular flexibility index (Phi) is 1.75. The number of nitrogen functional groups attached to an aromatic ring is 1. The van der Waals surface area contributed by atoms with Crippen LogP contribution in [-0.4, -0.2) is 4.98 Å². The number of H-pyrrole nitrogens is 1. The van der Waals surface area contributed by atoms with E-state index in [0.717, 1.165) is 3.57 Å². The number of aromatic amines is 1. The van der Waals surface area contributed by atoms with Gasteiger partial charge in [-0.25, -0.2) is 0 Å². The first-order chi connectivity index (χ1) is 4.20. The Bertz CT molecular complexity index is 268. The van der Waals surface area contributed by atoms with E-state index >= 15 is 0 Å². The van der Waals surface area contributed by atoms with Crippen LogP contribution >= 0.6 is 22.6 Å².